The first kappa shape index (κ1) is 34.6. The Morgan fingerprint density at radius 1 is 0.383 bits per heavy atom. The molecule has 0 radical (unpaired) electrons. The molecule has 1 aromatic heterocycles. The van der Waals surface area contributed by atoms with Gasteiger partial charge < -0.3 is 4.90 Å². The highest BCUT2D eigenvalue weighted by Crippen LogP contribution is 2.70. The van der Waals surface area contributed by atoms with E-state index >= 15 is 0 Å². The molecule has 0 unspecified atom stereocenters. The molecule has 2 heteroatoms. The summed E-state index contributed by atoms with van der Waals surface area (Å²) in [6, 6.07) is 70.6. The van der Waals surface area contributed by atoms with Gasteiger partial charge in [-0.1, -0.05) is 140 Å². The number of para-hydroxylation sites is 1. The molecular weight excluding hydrogens is 743 g/mol. The van der Waals surface area contributed by atoms with Crippen LogP contribution in [-0.2, 0) is 5.41 Å². The normalized spacial score (nSPS) is 22.1. The molecule has 0 aliphatic heterocycles. The fourth-order valence-electron chi connectivity index (χ4n) is 12.8. The Morgan fingerprint density at radius 3 is 1.60 bits per heavy atom. The lowest BCUT2D eigenvalue weighted by Crippen LogP contribution is -2.55. The van der Waals surface area contributed by atoms with Crippen molar-refractivity contribution >= 4 is 48.6 Å². The van der Waals surface area contributed by atoms with Crippen molar-refractivity contribution in [3.63, 3.8) is 0 Å². The Kier molecular flexibility index (Phi) is 7.73. The molecule has 0 atom stereocenters. The zero-order valence-electron chi connectivity index (χ0n) is 33.6. The second-order valence-corrected chi connectivity index (χ2v) is 19.2. The van der Waals surface area contributed by atoms with Gasteiger partial charge in [0.25, 0.3) is 0 Å². The van der Waals surface area contributed by atoms with Crippen molar-refractivity contribution in [1.82, 2.24) is 0 Å². The zero-order valence-corrected chi connectivity index (χ0v) is 34.4. The van der Waals surface area contributed by atoms with E-state index in [9.17, 15) is 0 Å². The van der Waals surface area contributed by atoms with Gasteiger partial charge in [0.1, 0.15) is 0 Å². The highest BCUT2D eigenvalue weighted by molar-refractivity contribution is 7.25. The van der Waals surface area contributed by atoms with Crippen LogP contribution in [0.4, 0.5) is 17.1 Å². The molecule has 288 valence electrons. The van der Waals surface area contributed by atoms with Crippen molar-refractivity contribution in [1.29, 1.82) is 0 Å². The predicted octanol–water partition coefficient (Wildman–Crippen LogP) is 16.2. The van der Waals surface area contributed by atoms with Gasteiger partial charge in [-0.05, 0) is 160 Å². The molecule has 60 heavy (non-hydrogen) atoms. The number of nitrogens with zero attached hydrogens (tertiary/aromatic N) is 1. The van der Waals surface area contributed by atoms with E-state index in [1.165, 1.54) is 96.8 Å². The van der Waals surface area contributed by atoms with Crippen LogP contribution in [-0.4, -0.2) is 0 Å². The smallest absolute Gasteiger partial charge is 0.0468 e. The molecule has 0 N–H and O–H groups in total. The highest BCUT2D eigenvalue weighted by Gasteiger charge is 2.61. The maximum atomic E-state index is 2.51. The number of fused-ring (bicyclic) bond motifs is 6. The van der Waals surface area contributed by atoms with Crippen molar-refractivity contribution in [3.8, 4) is 44.5 Å². The minimum Gasteiger partial charge on any atom is -0.310 e. The van der Waals surface area contributed by atoms with Crippen molar-refractivity contribution in [3.05, 3.63) is 199 Å². The van der Waals surface area contributed by atoms with Gasteiger partial charge in [0.2, 0.25) is 0 Å². The van der Waals surface area contributed by atoms with E-state index in [1.807, 2.05) is 11.3 Å². The summed E-state index contributed by atoms with van der Waals surface area (Å²) in [5.41, 5.74) is 17.5. The fraction of sp³-hybridized carbons (Fsp3) is 0.172. The Bertz CT molecular complexity index is 3050. The topological polar surface area (TPSA) is 3.24 Å². The number of benzene rings is 8. The lowest BCUT2D eigenvalue weighted by atomic mass is 9.43. The summed E-state index contributed by atoms with van der Waals surface area (Å²) >= 11 is 1.86. The van der Waals surface area contributed by atoms with Crippen molar-refractivity contribution in [2.75, 3.05) is 4.90 Å². The van der Waals surface area contributed by atoms with Crippen LogP contribution in [0.2, 0.25) is 0 Å². The molecule has 1 heterocycles. The molecular formula is C58H45NS. The maximum Gasteiger partial charge on any atom is 0.0468 e. The SMILES string of the molecule is c1ccc(N(c2ccc(-c3ccc(-c4ccc(-c5cccc6c5-c5ccccc5C65C6CC7CC(C6)CC5C7)cc4)cc3)cc2)c2ccc3sc4ccccc4c3c2)cc1. The van der Waals surface area contributed by atoms with Gasteiger partial charge in [-0.15, -0.1) is 11.3 Å². The third-order valence-corrected chi connectivity index (χ3v) is 16.2. The zero-order chi connectivity index (χ0) is 39.4. The highest BCUT2D eigenvalue weighted by atomic mass is 32.1. The van der Waals surface area contributed by atoms with Gasteiger partial charge in [-0.25, -0.2) is 0 Å². The van der Waals surface area contributed by atoms with Crippen LogP contribution < -0.4 is 4.90 Å². The molecule has 5 aliphatic rings. The maximum absolute atomic E-state index is 2.51. The molecule has 4 bridgehead atoms. The van der Waals surface area contributed by atoms with E-state index in [0.717, 1.165) is 40.7 Å². The van der Waals surface area contributed by atoms with Crippen LogP contribution in [0, 0.1) is 23.7 Å². The summed E-state index contributed by atoms with van der Waals surface area (Å²) in [5.74, 6) is 3.48. The van der Waals surface area contributed by atoms with Gasteiger partial charge in [0, 0.05) is 42.6 Å². The Hall–Kier alpha value is -6.22. The van der Waals surface area contributed by atoms with Crippen LogP contribution >= 0.6 is 11.3 Å². The molecule has 14 rings (SSSR count). The molecule has 1 spiro atoms. The first-order valence-corrected chi connectivity index (χ1v) is 22.8. The lowest BCUT2D eigenvalue weighted by Gasteiger charge is -2.61. The van der Waals surface area contributed by atoms with Crippen molar-refractivity contribution in [2.45, 2.75) is 37.5 Å². The average Bonchev–Trinajstić information content (AvgIpc) is 3.83. The standard InChI is InChI=1S/C58H45NS/c1-2-9-46(10-3-1)59(48-29-30-56-52(36-48)50-11-5-7-16-55(50)60-56)47-27-25-42(26-28-47)40-19-17-39(18-20-40)41-21-23-43(24-22-41)49-13-8-15-54-57(49)51-12-4-6-14-53(51)58(54)44-32-37-31-38(34-44)35-45(58)33-37/h1-30,36-38,44-45H,31-35H2. The average molecular weight is 788 g/mol. The van der Waals surface area contributed by atoms with Crippen LogP contribution in [0.5, 0.6) is 0 Å². The van der Waals surface area contributed by atoms with Crippen LogP contribution in [0.1, 0.15) is 43.2 Å². The number of thiophene rings is 1. The first-order valence-electron chi connectivity index (χ1n) is 22.0. The van der Waals surface area contributed by atoms with Crippen LogP contribution in [0.15, 0.2) is 188 Å². The first-order chi connectivity index (χ1) is 29.7. The molecule has 9 aromatic rings. The van der Waals surface area contributed by atoms with E-state index in [0.29, 0.717) is 0 Å². The number of hydrogen-bond donors (Lipinski definition) is 0. The van der Waals surface area contributed by atoms with Crippen LogP contribution in [0.25, 0.3) is 64.7 Å². The Balaban J connectivity index is 0.792. The van der Waals surface area contributed by atoms with Gasteiger partial charge in [0.05, 0.1) is 0 Å². The summed E-state index contributed by atoms with van der Waals surface area (Å²) in [6.07, 6.45) is 7.16. The quantitative estimate of drug-likeness (QED) is 0.162. The molecule has 5 aliphatic carbocycles. The van der Waals surface area contributed by atoms with Gasteiger partial charge >= 0.3 is 0 Å². The molecule has 4 saturated carbocycles. The second kappa shape index (κ2) is 13.4. The molecule has 0 saturated heterocycles. The second-order valence-electron chi connectivity index (χ2n) is 18.1. The van der Waals surface area contributed by atoms with Gasteiger partial charge in [-0.3, -0.25) is 0 Å². The third-order valence-electron chi connectivity index (χ3n) is 15.1. The number of rotatable bonds is 6. The van der Waals surface area contributed by atoms with E-state index in [2.05, 4.69) is 193 Å². The van der Waals surface area contributed by atoms with E-state index in [4.69, 9.17) is 0 Å². The largest absolute Gasteiger partial charge is 0.310 e. The predicted molar refractivity (Wildman–Crippen MR) is 254 cm³/mol. The van der Waals surface area contributed by atoms with E-state index in [-0.39, 0.29) is 5.41 Å². The number of hydrogen-bond acceptors (Lipinski definition) is 2. The molecule has 8 aromatic carbocycles. The van der Waals surface area contributed by atoms with E-state index < -0.39 is 0 Å². The van der Waals surface area contributed by atoms with E-state index in [1.54, 1.807) is 11.1 Å². The Labute approximate surface area is 356 Å². The van der Waals surface area contributed by atoms with Crippen molar-refractivity contribution < 1.29 is 0 Å². The fourth-order valence-corrected chi connectivity index (χ4v) is 13.9. The minimum atomic E-state index is 0.202. The Morgan fingerprint density at radius 2 is 0.900 bits per heavy atom. The summed E-state index contributed by atoms with van der Waals surface area (Å²) in [5, 5.41) is 2.62. The summed E-state index contributed by atoms with van der Waals surface area (Å²) in [4.78, 5) is 2.37. The third kappa shape index (κ3) is 5.17. The summed E-state index contributed by atoms with van der Waals surface area (Å²) in [6.45, 7) is 0. The molecule has 4 fully saturated rings. The monoisotopic (exact) mass is 787 g/mol. The molecule has 1 nitrogen and oxygen atoms in total. The van der Waals surface area contributed by atoms with Gasteiger partial charge in [-0.2, -0.15) is 0 Å². The summed E-state index contributed by atoms with van der Waals surface area (Å²) in [7, 11) is 0. The van der Waals surface area contributed by atoms with Crippen LogP contribution in [0.3, 0.4) is 0 Å². The number of anilines is 3. The minimum absolute atomic E-state index is 0.202. The van der Waals surface area contributed by atoms with Crippen molar-refractivity contribution in [2.24, 2.45) is 23.7 Å². The summed E-state index contributed by atoms with van der Waals surface area (Å²) < 4.78 is 2.65. The lowest BCUT2D eigenvalue weighted by molar-refractivity contribution is -0.0399. The van der Waals surface area contributed by atoms with Gasteiger partial charge in [0.15, 0.2) is 0 Å². The molecule has 0 amide bonds.